The molecule has 182 valence electrons. The Kier molecular flexibility index (Phi) is 7.75. The number of fused-ring (bicyclic) bond motifs is 1. The number of piperazine rings is 1. The van der Waals surface area contributed by atoms with Gasteiger partial charge in [0, 0.05) is 36.8 Å². The summed E-state index contributed by atoms with van der Waals surface area (Å²) in [5, 5.41) is 28.9. The summed E-state index contributed by atoms with van der Waals surface area (Å²) in [6.45, 7) is 0.636. The lowest BCUT2D eigenvalue weighted by Crippen LogP contribution is -2.70. The van der Waals surface area contributed by atoms with E-state index in [1.165, 1.54) is 29.2 Å². The van der Waals surface area contributed by atoms with Gasteiger partial charge in [0.2, 0.25) is 12.3 Å². The SMILES string of the molecule is NC1=NC2NC[C@H](CN(C=O)c3ccc(C(=O)N[C@H](CCC(=O)O)C(=O)O)cc3)NC2C(=O)N1. The van der Waals surface area contributed by atoms with Gasteiger partial charge in [0.05, 0.1) is 0 Å². The van der Waals surface area contributed by atoms with Crippen molar-refractivity contribution in [2.24, 2.45) is 10.7 Å². The molecular weight excluding hydrogens is 450 g/mol. The Bertz CT molecular complexity index is 997. The first kappa shape index (κ1) is 24.6. The number of amides is 3. The van der Waals surface area contributed by atoms with Gasteiger partial charge in [-0.2, -0.15) is 0 Å². The monoisotopic (exact) mass is 475 g/mol. The van der Waals surface area contributed by atoms with E-state index in [1.807, 2.05) is 0 Å². The van der Waals surface area contributed by atoms with Gasteiger partial charge in [-0.1, -0.05) is 0 Å². The summed E-state index contributed by atoms with van der Waals surface area (Å²) in [6.07, 6.45) is -0.546. The molecule has 2 aliphatic heterocycles. The third-order valence-electron chi connectivity index (χ3n) is 5.37. The van der Waals surface area contributed by atoms with Crippen LogP contribution in [0.5, 0.6) is 0 Å². The fourth-order valence-electron chi connectivity index (χ4n) is 3.65. The fraction of sp³-hybridized carbons (Fsp3) is 0.400. The lowest BCUT2D eigenvalue weighted by atomic mass is 10.1. The van der Waals surface area contributed by atoms with E-state index in [1.54, 1.807) is 0 Å². The number of hydrogen-bond donors (Lipinski definition) is 7. The number of carbonyl (C=O) groups is 5. The first-order chi connectivity index (χ1) is 16.2. The van der Waals surface area contributed by atoms with Gasteiger partial charge in [-0.15, -0.1) is 0 Å². The molecule has 3 rings (SSSR count). The van der Waals surface area contributed by atoms with Crippen LogP contribution in [0.2, 0.25) is 0 Å². The Balaban J connectivity index is 1.61. The maximum atomic E-state index is 12.4. The molecule has 0 aromatic heterocycles. The van der Waals surface area contributed by atoms with E-state index >= 15 is 0 Å². The molecule has 0 bridgehead atoms. The van der Waals surface area contributed by atoms with E-state index in [0.717, 1.165) is 0 Å². The number of hydrogen-bond acceptors (Lipinski definition) is 9. The van der Waals surface area contributed by atoms with Gasteiger partial charge in [0.25, 0.3) is 5.91 Å². The number of guanidine groups is 1. The predicted octanol–water partition coefficient (Wildman–Crippen LogP) is -2.60. The van der Waals surface area contributed by atoms with Crippen molar-refractivity contribution in [3.63, 3.8) is 0 Å². The van der Waals surface area contributed by atoms with E-state index in [4.69, 9.17) is 10.8 Å². The number of rotatable bonds is 10. The second kappa shape index (κ2) is 10.7. The van der Waals surface area contributed by atoms with Crippen molar-refractivity contribution < 1.29 is 34.2 Å². The van der Waals surface area contributed by atoms with Crippen LogP contribution >= 0.6 is 0 Å². The normalized spacial score (nSPS) is 22.4. The van der Waals surface area contributed by atoms with Crippen molar-refractivity contribution in [1.29, 1.82) is 0 Å². The lowest BCUT2D eigenvalue weighted by Gasteiger charge is -2.39. The first-order valence-electron chi connectivity index (χ1n) is 10.4. The number of nitrogens with zero attached hydrogens (tertiary/aromatic N) is 2. The molecule has 1 aromatic carbocycles. The molecule has 2 unspecified atom stereocenters. The van der Waals surface area contributed by atoms with Crippen LogP contribution in [0.4, 0.5) is 5.69 Å². The summed E-state index contributed by atoms with van der Waals surface area (Å²) in [6, 6.07) is 3.62. The average molecular weight is 475 g/mol. The van der Waals surface area contributed by atoms with Gasteiger partial charge >= 0.3 is 11.9 Å². The smallest absolute Gasteiger partial charge is 0.326 e. The number of carbonyl (C=O) groups excluding carboxylic acids is 3. The van der Waals surface area contributed by atoms with Gasteiger partial charge in [-0.05, 0) is 30.7 Å². The number of nitrogens with one attached hydrogen (secondary N) is 4. The third-order valence-corrected chi connectivity index (χ3v) is 5.37. The Hall–Kier alpha value is -4.04. The zero-order valence-electron chi connectivity index (χ0n) is 17.9. The number of aliphatic imine (C=N–C) groups is 1. The second-order valence-electron chi connectivity index (χ2n) is 7.80. The maximum absolute atomic E-state index is 12.4. The summed E-state index contributed by atoms with van der Waals surface area (Å²) in [4.78, 5) is 63.7. The second-order valence-corrected chi connectivity index (χ2v) is 7.80. The number of aliphatic carboxylic acids is 2. The van der Waals surface area contributed by atoms with Gasteiger partial charge < -0.3 is 26.2 Å². The molecule has 3 amide bonds. The van der Waals surface area contributed by atoms with Gasteiger partial charge in [0.15, 0.2) is 5.96 Å². The highest BCUT2D eigenvalue weighted by Gasteiger charge is 2.38. The summed E-state index contributed by atoms with van der Waals surface area (Å²) < 4.78 is 0. The first-order valence-corrected chi connectivity index (χ1v) is 10.4. The number of carboxylic acids is 2. The number of anilines is 1. The molecule has 0 radical (unpaired) electrons. The quantitative estimate of drug-likeness (QED) is 0.175. The van der Waals surface area contributed by atoms with E-state index in [9.17, 15) is 29.1 Å². The molecule has 2 heterocycles. The van der Waals surface area contributed by atoms with Gasteiger partial charge in [0.1, 0.15) is 18.2 Å². The van der Waals surface area contributed by atoms with Gasteiger partial charge in [-0.3, -0.25) is 35.1 Å². The molecule has 4 atom stereocenters. The largest absolute Gasteiger partial charge is 0.481 e. The average Bonchev–Trinajstić information content (AvgIpc) is 2.80. The Labute approximate surface area is 193 Å². The molecule has 1 saturated heterocycles. The molecule has 0 saturated carbocycles. The highest BCUT2D eigenvalue weighted by molar-refractivity contribution is 6.01. The minimum absolute atomic E-state index is 0.0363. The summed E-state index contributed by atoms with van der Waals surface area (Å²) in [7, 11) is 0. The van der Waals surface area contributed by atoms with Crippen molar-refractivity contribution in [2.45, 2.75) is 37.1 Å². The van der Waals surface area contributed by atoms with Crippen LogP contribution < -0.4 is 31.9 Å². The minimum atomic E-state index is -1.35. The number of nitrogens with two attached hydrogens (primary N) is 1. The minimum Gasteiger partial charge on any atom is -0.481 e. The summed E-state index contributed by atoms with van der Waals surface area (Å²) >= 11 is 0. The van der Waals surface area contributed by atoms with E-state index in [-0.39, 0.29) is 36.4 Å². The van der Waals surface area contributed by atoms with Crippen LogP contribution in [0, 0.1) is 0 Å². The molecule has 0 aliphatic carbocycles. The molecule has 0 spiro atoms. The van der Waals surface area contributed by atoms with Crippen LogP contribution in [-0.4, -0.2) is 83.7 Å². The van der Waals surface area contributed by atoms with Crippen molar-refractivity contribution in [3.05, 3.63) is 29.8 Å². The zero-order chi connectivity index (χ0) is 24.8. The molecular formula is C20H25N7O7. The highest BCUT2D eigenvalue weighted by atomic mass is 16.4. The standard InChI is InChI=1S/C20H25N7O7/c21-20-25-16-15(18(32)26-20)23-11(7-22-16)8-27(9-28)12-3-1-10(2-4-12)17(31)24-13(19(33)34)5-6-14(29)30/h1-4,9,11,13,15-16,22-23H,5-8H2,(H,24,31)(H,29,30)(H,33,34)(H3,21,25,26,32)/t11-,13-,15?,16?/m1/s1. The van der Waals surface area contributed by atoms with Crippen LogP contribution in [0.3, 0.4) is 0 Å². The molecule has 1 fully saturated rings. The molecule has 8 N–H and O–H groups in total. The van der Waals surface area contributed by atoms with Crippen LogP contribution in [0.1, 0.15) is 23.2 Å². The Morgan fingerprint density at radius 1 is 1.26 bits per heavy atom. The van der Waals surface area contributed by atoms with Crippen LogP contribution in [0.15, 0.2) is 29.3 Å². The molecule has 14 heteroatoms. The van der Waals surface area contributed by atoms with E-state index in [0.29, 0.717) is 18.6 Å². The number of carboxylic acid groups (broad SMARTS) is 2. The summed E-state index contributed by atoms with van der Waals surface area (Å²) in [5.74, 6) is -3.48. The van der Waals surface area contributed by atoms with Crippen LogP contribution in [-0.2, 0) is 19.2 Å². The van der Waals surface area contributed by atoms with Gasteiger partial charge in [-0.25, -0.2) is 9.79 Å². The van der Waals surface area contributed by atoms with Crippen LogP contribution in [0.25, 0.3) is 0 Å². The Morgan fingerprint density at radius 3 is 2.59 bits per heavy atom. The fourth-order valence-corrected chi connectivity index (χ4v) is 3.65. The lowest BCUT2D eigenvalue weighted by molar-refractivity contribution is -0.140. The topological polar surface area (TPSA) is 216 Å². The summed E-state index contributed by atoms with van der Waals surface area (Å²) in [5.41, 5.74) is 6.18. The van der Waals surface area contributed by atoms with Crippen molar-refractivity contribution in [2.75, 3.05) is 18.0 Å². The molecule has 34 heavy (non-hydrogen) atoms. The van der Waals surface area contributed by atoms with Crippen molar-refractivity contribution >= 4 is 41.8 Å². The molecule has 2 aliphatic rings. The van der Waals surface area contributed by atoms with E-state index in [2.05, 4.69) is 26.3 Å². The highest BCUT2D eigenvalue weighted by Crippen LogP contribution is 2.16. The predicted molar refractivity (Wildman–Crippen MR) is 118 cm³/mol. The zero-order valence-corrected chi connectivity index (χ0v) is 17.9. The van der Waals surface area contributed by atoms with E-state index < -0.39 is 42.5 Å². The molecule has 14 nitrogen and oxygen atoms in total. The third kappa shape index (κ3) is 6.05. The molecule has 1 aromatic rings. The Morgan fingerprint density at radius 2 is 1.97 bits per heavy atom. The maximum Gasteiger partial charge on any atom is 0.326 e. The van der Waals surface area contributed by atoms with Crippen molar-refractivity contribution in [1.82, 2.24) is 21.3 Å². The number of benzene rings is 1. The van der Waals surface area contributed by atoms with Crippen molar-refractivity contribution in [3.8, 4) is 0 Å².